The van der Waals surface area contributed by atoms with E-state index >= 15 is 0 Å². The third-order valence-electron chi connectivity index (χ3n) is 6.39. The van der Waals surface area contributed by atoms with E-state index in [9.17, 15) is 10.1 Å². The third-order valence-corrected chi connectivity index (χ3v) is 7.74. The first-order chi connectivity index (χ1) is 20.9. The van der Waals surface area contributed by atoms with Crippen LogP contribution < -0.4 is 20.2 Å². The van der Waals surface area contributed by atoms with Crippen LogP contribution in [-0.4, -0.2) is 24.2 Å². The van der Waals surface area contributed by atoms with Crippen LogP contribution in [0.1, 0.15) is 32.6 Å². The molecule has 0 fully saturated rings. The molecule has 0 spiro atoms. The van der Waals surface area contributed by atoms with Crippen molar-refractivity contribution < 1.29 is 14.3 Å². The number of amides is 1. The van der Waals surface area contributed by atoms with Crippen LogP contribution >= 0.6 is 27.3 Å². The Labute approximate surface area is 261 Å². The van der Waals surface area contributed by atoms with Crippen molar-refractivity contribution in [3.05, 3.63) is 123 Å². The predicted molar refractivity (Wildman–Crippen MR) is 173 cm³/mol. The molecule has 0 unspecified atom stereocenters. The molecule has 0 saturated carbocycles. The number of thiazole rings is 1. The molecule has 4 aromatic carbocycles. The SMILES string of the molecule is COc1cc(/C=N\NC(=O)c2ccc(-c3csc(Nc4ccc(C)cc4)n3)cc2)cc(Br)c1OCc1ccccc1C#N. The fourth-order valence-corrected chi connectivity index (χ4v) is 5.42. The van der Waals surface area contributed by atoms with Gasteiger partial charge in [0.05, 0.1) is 35.1 Å². The highest BCUT2D eigenvalue weighted by molar-refractivity contribution is 9.10. The van der Waals surface area contributed by atoms with Crippen molar-refractivity contribution in [2.45, 2.75) is 13.5 Å². The molecule has 5 rings (SSSR count). The smallest absolute Gasteiger partial charge is 0.271 e. The maximum Gasteiger partial charge on any atom is 0.271 e. The highest BCUT2D eigenvalue weighted by Gasteiger charge is 2.13. The lowest BCUT2D eigenvalue weighted by Crippen LogP contribution is -2.17. The maximum absolute atomic E-state index is 12.7. The Balaban J connectivity index is 1.19. The molecule has 1 amide bonds. The zero-order valence-electron chi connectivity index (χ0n) is 23.3. The summed E-state index contributed by atoms with van der Waals surface area (Å²) in [6.07, 6.45) is 1.52. The monoisotopic (exact) mass is 651 g/mol. The maximum atomic E-state index is 12.7. The first-order valence-corrected chi connectivity index (χ1v) is 14.8. The van der Waals surface area contributed by atoms with Crippen molar-refractivity contribution in [1.29, 1.82) is 5.26 Å². The molecule has 0 aliphatic rings. The van der Waals surface area contributed by atoms with Gasteiger partial charge in [-0.3, -0.25) is 4.79 Å². The van der Waals surface area contributed by atoms with Crippen LogP contribution in [0.2, 0.25) is 0 Å². The molecular weight excluding hydrogens is 626 g/mol. The Morgan fingerprint density at radius 2 is 1.86 bits per heavy atom. The highest BCUT2D eigenvalue weighted by Crippen LogP contribution is 2.37. The molecule has 0 aliphatic carbocycles. The lowest BCUT2D eigenvalue weighted by atomic mass is 10.1. The molecule has 10 heteroatoms. The van der Waals surface area contributed by atoms with Crippen LogP contribution in [0.4, 0.5) is 10.8 Å². The quantitative estimate of drug-likeness (QED) is 0.118. The number of carbonyl (C=O) groups excluding carboxylic acids is 1. The van der Waals surface area contributed by atoms with Crippen LogP contribution in [0.3, 0.4) is 0 Å². The highest BCUT2D eigenvalue weighted by atomic mass is 79.9. The minimum atomic E-state index is -0.343. The van der Waals surface area contributed by atoms with Crippen LogP contribution in [0.15, 0.2) is 99.9 Å². The van der Waals surface area contributed by atoms with Gasteiger partial charge in [-0.2, -0.15) is 10.4 Å². The average molecular weight is 653 g/mol. The summed E-state index contributed by atoms with van der Waals surface area (Å²) in [6.45, 7) is 2.25. The molecule has 43 heavy (non-hydrogen) atoms. The second kappa shape index (κ2) is 13.8. The molecule has 0 radical (unpaired) electrons. The van der Waals surface area contributed by atoms with Crippen molar-refractivity contribution in [2.75, 3.05) is 12.4 Å². The van der Waals surface area contributed by atoms with E-state index in [1.54, 1.807) is 30.3 Å². The van der Waals surface area contributed by atoms with E-state index < -0.39 is 0 Å². The van der Waals surface area contributed by atoms with E-state index in [1.807, 2.05) is 60.0 Å². The largest absolute Gasteiger partial charge is 0.493 e. The first kappa shape index (κ1) is 29.5. The molecule has 0 aliphatic heterocycles. The number of hydrogen-bond acceptors (Lipinski definition) is 8. The Morgan fingerprint density at radius 3 is 2.60 bits per heavy atom. The molecule has 2 N–H and O–H groups in total. The fourth-order valence-electron chi connectivity index (χ4n) is 4.11. The van der Waals surface area contributed by atoms with Crippen molar-refractivity contribution in [1.82, 2.24) is 10.4 Å². The lowest BCUT2D eigenvalue weighted by Gasteiger charge is -2.14. The van der Waals surface area contributed by atoms with Crippen LogP contribution in [-0.2, 0) is 6.61 Å². The summed E-state index contributed by atoms with van der Waals surface area (Å²) in [5.41, 5.74) is 8.94. The Bertz CT molecular complexity index is 1810. The van der Waals surface area contributed by atoms with Gasteiger partial charge in [0.1, 0.15) is 6.61 Å². The van der Waals surface area contributed by atoms with Gasteiger partial charge in [0.2, 0.25) is 0 Å². The van der Waals surface area contributed by atoms with Crippen molar-refractivity contribution in [3.8, 4) is 28.8 Å². The molecule has 214 valence electrons. The van der Waals surface area contributed by atoms with Crippen molar-refractivity contribution in [3.63, 3.8) is 0 Å². The summed E-state index contributed by atoms with van der Waals surface area (Å²) in [5, 5.41) is 19.5. The van der Waals surface area contributed by atoms with Gasteiger partial charge in [-0.05, 0) is 70.9 Å². The summed E-state index contributed by atoms with van der Waals surface area (Å²) in [5.74, 6) is 0.631. The Kier molecular flexibility index (Phi) is 9.46. The molecule has 0 saturated heterocycles. The van der Waals surface area contributed by atoms with Gasteiger partial charge < -0.3 is 14.8 Å². The minimum Gasteiger partial charge on any atom is -0.493 e. The lowest BCUT2D eigenvalue weighted by molar-refractivity contribution is 0.0955. The average Bonchev–Trinajstić information content (AvgIpc) is 3.50. The van der Waals surface area contributed by atoms with E-state index in [0.29, 0.717) is 32.7 Å². The number of aryl methyl sites for hydroxylation is 1. The van der Waals surface area contributed by atoms with Gasteiger partial charge in [-0.25, -0.2) is 10.4 Å². The summed E-state index contributed by atoms with van der Waals surface area (Å²) >= 11 is 5.04. The number of hydrazone groups is 1. The van der Waals surface area contributed by atoms with Crippen LogP contribution in [0.25, 0.3) is 11.3 Å². The zero-order valence-corrected chi connectivity index (χ0v) is 25.7. The van der Waals surface area contributed by atoms with E-state index in [1.165, 1.54) is 30.2 Å². The molecule has 1 aromatic heterocycles. The van der Waals surface area contributed by atoms with Gasteiger partial charge in [-0.15, -0.1) is 11.3 Å². The normalized spacial score (nSPS) is 10.7. The number of nitrogens with zero attached hydrogens (tertiary/aromatic N) is 3. The van der Waals surface area contributed by atoms with Crippen LogP contribution in [0, 0.1) is 18.3 Å². The van der Waals surface area contributed by atoms with Gasteiger partial charge in [0.25, 0.3) is 5.91 Å². The number of ether oxygens (including phenoxy) is 2. The molecule has 0 atom stereocenters. The first-order valence-electron chi connectivity index (χ1n) is 13.1. The number of halogens is 1. The predicted octanol–water partition coefficient (Wildman–Crippen LogP) is 7.85. The molecule has 5 aromatic rings. The fraction of sp³-hybridized carbons (Fsp3) is 0.0909. The number of nitrogens with one attached hydrogen (secondary N) is 2. The number of methoxy groups -OCH3 is 1. The number of aromatic nitrogens is 1. The Morgan fingerprint density at radius 1 is 1.09 bits per heavy atom. The zero-order chi connectivity index (χ0) is 30.2. The number of benzene rings is 4. The number of rotatable bonds is 10. The number of hydrogen-bond donors (Lipinski definition) is 2. The topological polar surface area (TPSA) is 109 Å². The summed E-state index contributed by atoms with van der Waals surface area (Å²) in [4.78, 5) is 17.4. The molecular formula is C33H26BrN5O3S. The van der Waals surface area contributed by atoms with Gasteiger partial charge >= 0.3 is 0 Å². The number of nitriles is 1. The second-order valence-corrected chi connectivity index (χ2v) is 11.1. The molecule has 8 nitrogen and oxygen atoms in total. The van der Waals surface area contributed by atoms with E-state index in [0.717, 1.165) is 27.6 Å². The van der Waals surface area contributed by atoms with Crippen molar-refractivity contribution >= 4 is 50.2 Å². The third kappa shape index (κ3) is 7.46. The number of anilines is 2. The molecule has 1 heterocycles. The minimum absolute atomic E-state index is 0.203. The standard InChI is InChI=1S/C33H26BrN5O3S/c1-21-7-13-27(14-8-21)37-33-38-29(20-43-33)23-9-11-24(12-10-23)32(40)39-36-18-22-15-28(34)31(30(16-22)41-2)42-19-26-6-4-3-5-25(26)17-35/h3-16,18,20H,19H2,1-2H3,(H,37,38)(H,39,40)/b36-18-. The van der Waals surface area contributed by atoms with Gasteiger partial charge in [-0.1, -0.05) is 48.0 Å². The summed E-state index contributed by atoms with van der Waals surface area (Å²) in [6, 6.07) is 28.3. The Hall–Kier alpha value is -4.98. The molecule has 0 bridgehead atoms. The van der Waals surface area contributed by atoms with E-state index in [-0.39, 0.29) is 12.5 Å². The van der Waals surface area contributed by atoms with E-state index in [2.05, 4.69) is 49.8 Å². The second-order valence-electron chi connectivity index (χ2n) is 9.40. The summed E-state index contributed by atoms with van der Waals surface area (Å²) in [7, 11) is 1.54. The van der Waals surface area contributed by atoms with Crippen LogP contribution in [0.5, 0.6) is 11.5 Å². The number of carbonyl (C=O) groups is 1. The summed E-state index contributed by atoms with van der Waals surface area (Å²) < 4.78 is 12.1. The van der Waals surface area contributed by atoms with Gasteiger partial charge in [0, 0.05) is 27.8 Å². The van der Waals surface area contributed by atoms with Gasteiger partial charge in [0.15, 0.2) is 16.6 Å². The van der Waals surface area contributed by atoms with E-state index in [4.69, 9.17) is 9.47 Å². The van der Waals surface area contributed by atoms with Crippen molar-refractivity contribution in [2.24, 2.45) is 5.10 Å².